The van der Waals surface area contributed by atoms with Gasteiger partial charge in [0.2, 0.25) is 10.0 Å². The smallest absolute Gasteiger partial charge is 0.258 e. The fourth-order valence-corrected chi connectivity index (χ4v) is 4.58. The number of benzene rings is 1. The minimum absolute atomic E-state index is 0.0635. The molecule has 0 spiro atoms. The van der Waals surface area contributed by atoms with Crippen LogP contribution < -0.4 is 0 Å². The van der Waals surface area contributed by atoms with E-state index in [0.29, 0.717) is 11.5 Å². The van der Waals surface area contributed by atoms with Crippen molar-refractivity contribution >= 4 is 15.7 Å². The van der Waals surface area contributed by atoms with Gasteiger partial charge in [0, 0.05) is 31.1 Å². The Balaban J connectivity index is 2.40. The van der Waals surface area contributed by atoms with Crippen LogP contribution in [0, 0.1) is 34.3 Å². The Morgan fingerprint density at radius 2 is 2.13 bits per heavy atom. The number of non-ortho nitro benzene ring substituents is 1. The first-order chi connectivity index (χ1) is 10.8. The zero-order valence-electron chi connectivity index (χ0n) is 13.1. The van der Waals surface area contributed by atoms with Crippen molar-refractivity contribution in [1.29, 1.82) is 5.26 Å². The molecule has 124 valence electrons. The largest absolute Gasteiger partial charge is 0.269 e. The Morgan fingerprint density at radius 3 is 2.61 bits per heavy atom. The maximum absolute atomic E-state index is 13.0. The molecular weight excluding hydrogens is 318 g/mol. The molecule has 1 aliphatic rings. The number of sulfonamides is 1. The number of aryl methyl sites for hydroxylation is 1. The molecule has 0 unspecified atom stereocenters. The lowest BCUT2D eigenvalue weighted by Crippen LogP contribution is -2.40. The summed E-state index contributed by atoms with van der Waals surface area (Å²) in [6, 6.07) is 5.54. The average molecular weight is 337 g/mol. The Labute approximate surface area is 135 Å². The first-order valence-electron chi connectivity index (χ1n) is 7.43. The van der Waals surface area contributed by atoms with Gasteiger partial charge < -0.3 is 0 Å². The van der Waals surface area contributed by atoms with Crippen LogP contribution in [0.15, 0.2) is 23.1 Å². The molecule has 23 heavy (non-hydrogen) atoms. The summed E-state index contributed by atoms with van der Waals surface area (Å²) in [5.41, 5.74) is 0.199. The molecule has 0 heterocycles. The van der Waals surface area contributed by atoms with Gasteiger partial charge in [0.15, 0.2) is 0 Å². The van der Waals surface area contributed by atoms with E-state index in [1.54, 1.807) is 6.92 Å². The van der Waals surface area contributed by atoms with Crippen molar-refractivity contribution in [3.63, 3.8) is 0 Å². The van der Waals surface area contributed by atoms with Crippen molar-refractivity contribution < 1.29 is 13.3 Å². The fraction of sp³-hybridized carbons (Fsp3) is 0.533. The minimum Gasteiger partial charge on any atom is -0.258 e. The van der Waals surface area contributed by atoms with Gasteiger partial charge in [0.25, 0.3) is 5.69 Å². The van der Waals surface area contributed by atoms with Gasteiger partial charge in [-0.3, -0.25) is 10.1 Å². The van der Waals surface area contributed by atoms with E-state index in [1.807, 2.05) is 13.0 Å². The molecule has 0 aromatic heterocycles. The molecule has 1 atom stereocenters. The minimum atomic E-state index is -3.79. The van der Waals surface area contributed by atoms with Crippen LogP contribution in [-0.4, -0.2) is 30.2 Å². The third kappa shape index (κ3) is 3.68. The van der Waals surface area contributed by atoms with Crippen LogP contribution in [0.2, 0.25) is 0 Å². The predicted molar refractivity (Wildman–Crippen MR) is 84.1 cm³/mol. The summed E-state index contributed by atoms with van der Waals surface area (Å²) in [5, 5.41) is 19.6. The molecule has 1 aromatic carbocycles. The first-order valence-corrected chi connectivity index (χ1v) is 8.87. The quantitative estimate of drug-likeness (QED) is 0.562. The number of nitriles is 1. The molecule has 0 saturated heterocycles. The molecule has 0 radical (unpaired) electrons. The van der Waals surface area contributed by atoms with Gasteiger partial charge in [-0.2, -0.15) is 9.57 Å². The van der Waals surface area contributed by atoms with Crippen molar-refractivity contribution in [3.8, 4) is 6.07 Å². The Bertz CT molecular complexity index is 750. The Morgan fingerprint density at radius 1 is 1.48 bits per heavy atom. The summed E-state index contributed by atoms with van der Waals surface area (Å²) in [7, 11) is -3.79. The number of hydrogen-bond donors (Lipinski definition) is 0. The van der Waals surface area contributed by atoms with Gasteiger partial charge in [-0.25, -0.2) is 8.42 Å². The number of nitro benzene ring substituents is 1. The summed E-state index contributed by atoms with van der Waals surface area (Å²) < 4.78 is 27.3. The normalized spacial score (nSPS) is 16.1. The Kier molecular flexibility index (Phi) is 5.02. The second-order valence-electron chi connectivity index (χ2n) is 5.81. The van der Waals surface area contributed by atoms with Crippen LogP contribution >= 0.6 is 0 Å². The van der Waals surface area contributed by atoms with E-state index in [-0.39, 0.29) is 29.6 Å². The van der Waals surface area contributed by atoms with E-state index in [4.69, 9.17) is 5.26 Å². The van der Waals surface area contributed by atoms with Gasteiger partial charge >= 0.3 is 0 Å². The summed E-state index contributed by atoms with van der Waals surface area (Å²) in [5.74, 6) is 0.321. The molecule has 8 heteroatoms. The molecule has 0 N–H and O–H groups in total. The molecule has 1 aliphatic carbocycles. The van der Waals surface area contributed by atoms with Crippen LogP contribution in [0.4, 0.5) is 5.69 Å². The highest BCUT2D eigenvalue weighted by Crippen LogP contribution is 2.37. The van der Waals surface area contributed by atoms with Gasteiger partial charge in [-0.1, -0.05) is 0 Å². The van der Waals surface area contributed by atoms with Gasteiger partial charge in [0.05, 0.1) is 15.9 Å². The van der Waals surface area contributed by atoms with E-state index in [1.165, 1.54) is 22.5 Å². The molecule has 1 fully saturated rings. The van der Waals surface area contributed by atoms with Crippen molar-refractivity contribution in [2.75, 3.05) is 6.54 Å². The number of hydrogen-bond acceptors (Lipinski definition) is 5. The summed E-state index contributed by atoms with van der Waals surface area (Å²) in [6.45, 7) is 3.53. The molecule has 0 aliphatic heterocycles. The molecule has 0 bridgehead atoms. The summed E-state index contributed by atoms with van der Waals surface area (Å²) in [4.78, 5) is 10.3. The molecule has 7 nitrogen and oxygen atoms in total. The lowest BCUT2D eigenvalue weighted by molar-refractivity contribution is -0.385. The number of nitro groups is 1. The highest BCUT2D eigenvalue weighted by molar-refractivity contribution is 7.89. The van der Waals surface area contributed by atoms with Crippen LogP contribution in [0.1, 0.15) is 31.7 Å². The van der Waals surface area contributed by atoms with Crippen molar-refractivity contribution in [3.05, 3.63) is 33.9 Å². The number of nitrogens with zero attached hydrogens (tertiary/aromatic N) is 3. The second kappa shape index (κ2) is 6.64. The third-order valence-corrected chi connectivity index (χ3v) is 6.30. The second-order valence-corrected chi connectivity index (χ2v) is 7.67. The van der Waals surface area contributed by atoms with Crippen molar-refractivity contribution in [2.24, 2.45) is 5.92 Å². The monoisotopic (exact) mass is 337 g/mol. The van der Waals surface area contributed by atoms with E-state index < -0.39 is 14.9 Å². The van der Waals surface area contributed by atoms with E-state index >= 15 is 0 Å². The van der Waals surface area contributed by atoms with Crippen LogP contribution in [0.5, 0.6) is 0 Å². The topological polar surface area (TPSA) is 104 Å². The zero-order valence-corrected chi connectivity index (χ0v) is 13.9. The molecule has 1 saturated carbocycles. The predicted octanol–water partition coefficient (Wildman–Crippen LogP) is 2.61. The van der Waals surface area contributed by atoms with Crippen molar-refractivity contribution in [1.82, 2.24) is 4.31 Å². The fourth-order valence-electron chi connectivity index (χ4n) is 2.68. The van der Waals surface area contributed by atoms with Gasteiger partial charge in [0.1, 0.15) is 0 Å². The van der Waals surface area contributed by atoms with Gasteiger partial charge in [-0.05, 0) is 44.2 Å². The lowest BCUT2D eigenvalue weighted by Gasteiger charge is -2.28. The van der Waals surface area contributed by atoms with Crippen LogP contribution in [-0.2, 0) is 10.0 Å². The number of rotatable bonds is 7. The maximum atomic E-state index is 13.0. The zero-order chi connectivity index (χ0) is 17.2. The van der Waals surface area contributed by atoms with Crippen molar-refractivity contribution in [2.45, 2.75) is 44.0 Å². The van der Waals surface area contributed by atoms with Crippen LogP contribution in [0.3, 0.4) is 0 Å². The standard InChI is InChI=1S/C15H19N3O4S/c1-11-10-14(18(19)20)6-7-15(11)23(21,22)17(9-3-8-16)12(2)13-4-5-13/h6-7,10,12-13H,3-5,9H2,1-2H3/t12-/m1/s1. The van der Waals surface area contributed by atoms with Gasteiger partial charge in [-0.15, -0.1) is 0 Å². The lowest BCUT2D eigenvalue weighted by atomic mass is 10.2. The maximum Gasteiger partial charge on any atom is 0.269 e. The highest BCUT2D eigenvalue weighted by atomic mass is 32.2. The van der Waals surface area contributed by atoms with E-state index in [2.05, 4.69) is 0 Å². The van der Waals surface area contributed by atoms with Crippen LogP contribution in [0.25, 0.3) is 0 Å². The van der Waals surface area contributed by atoms with E-state index in [9.17, 15) is 18.5 Å². The molecule has 0 amide bonds. The van der Waals surface area contributed by atoms with E-state index in [0.717, 1.165) is 12.8 Å². The SMILES string of the molecule is Cc1cc([N+](=O)[O-])ccc1S(=O)(=O)N(CCC#N)[C@H](C)C1CC1. The third-order valence-electron chi connectivity index (χ3n) is 4.16. The summed E-state index contributed by atoms with van der Waals surface area (Å²) in [6.07, 6.45) is 2.08. The molecule has 1 aromatic rings. The average Bonchev–Trinajstić information content (AvgIpc) is 3.31. The molecule has 2 rings (SSSR count). The Hall–Kier alpha value is -1.98. The first kappa shape index (κ1) is 17.4. The molecular formula is C15H19N3O4S. The summed E-state index contributed by atoms with van der Waals surface area (Å²) >= 11 is 0. The highest BCUT2D eigenvalue weighted by Gasteiger charge is 2.38.